The number of nitrogens with two attached hydrogens (primary N) is 1. The average molecular weight is 258 g/mol. The normalized spacial score (nSPS) is 14.5. The fourth-order valence-corrected chi connectivity index (χ4v) is 2.13. The Morgan fingerprint density at radius 3 is 2.79 bits per heavy atom. The van der Waals surface area contributed by atoms with E-state index in [0.717, 1.165) is 5.56 Å². The molecule has 3 rings (SSSR count). The molecule has 1 aromatic carbocycles. The highest BCUT2D eigenvalue weighted by Gasteiger charge is 2.23. The van der Waals surface area contributed by atoms with Crippen molar-refractivity contribution in [3.8, 4) is 11.4 Å². The van der Waals surface area contributed by atoms with Crippen LogP contribution in [0.25, 0.3) is 11.4 Å². The van der Waals surface area contributed by atoms with Crippen molar-refractivity contribution in [2.24, 2.45) is 5.84 Å². The highest BCUT2D eigenvalue weighted by Crippen LogP contribution is 2.40. The lowest BCUT2D eigenvalue weighted by Gasteiger charge is -2.08. The molecule has 1 aliphatic carbocycles. The molecule has 0 amide bonds. The lowest BCUT2D eigenvalue weighted by molar-refractivity contribution is 0.606. The standard InChI is InChI=1S/C14H15FN4/c1-8-12(15)14(19-16)18-13(17-8)11-4-2-3-10(7-11)9-5-6-9/h2-4,7,9H,5-6,16H2,1H3,(H,17,18,19). The molecule has 1 heterocycles. The molecule has 2 aromatic rings. The Morgan fingerprint density at radius 2 is 2.11 bits per heavy atom. The van der Waals surface area contributed by atoms with Crippen LogP contribution in [0.5, 0.6) is 0 Å². The Hall–Kier alpha value is -2.01. The third kappa shape index (κ3) is 2.29. The second-order valence-corrected chi connectivity index (χ2v) is 4.84. The number of halogens is 1. The van der Waals surface area contributed by atoms with Gasteiger partial charge >= 0.3 is 0 Å². The van der Waals surface area contributed by atoms with Gasteiger partial charge in [-0.05, 0) is 37.3 Å². The SMILES string of the molecule is Cc1nc(-c2cccc(C3CC3)c2)nc(NN)c1F. The van der Waals surface area contributed by atoms with E-state index >= 15 is 0 Å². The van der Waals surface area contributed by atoms with Crippen LogP contribution in [0.1, 0.15) is 30.0 Å². The van der Waals surface area contributed by atoms with Gasteiger partial charge in [-0.2, -0.15) is 0 Å². The summed E-state index contributed by atoms with van der Waals surface area (Å²) in [6.07, 6.45) is 2.48. The number of nitrogens with one attached hydrogen (secondary N) is 1. The molecule has 0 aliphatic heterocycles. The zero-order valence-electron chi connectivity index (χ0n) is 10.7. The molecule has 5 heteroatoms. The molecule has 1 aliphatic rings. The van der Waals surface area contributed by atoms with E-state index in [1.807, 2.05) is 12.1 Å². The van der Waals surface area contributed by atoms with Gasteiger partial charge in [0.05, 0.1) is 5.69 Å². The van der Waals surface area contributed by atoms with Crippen molar-refractivity contribution in [2.45, 2.75) is 25.7 Å². The van der Waals surface area contributed by atoms with Crippen LogP contribution in [-0.4, -0.2) is 9.97 Å². The number of hydrazine groups is 1. The highest BCUT2D eigenvalue weighted by atomic mass is 19.1. The summed E-state index contributed by atoms with van der Waals surface area (Å²) < 4.78 is 13.6. The molecule has 4 nitrogen and oxygen atoms in total. The second-order valence-electron chi connectivity index (χ2n) is 4.84. The number of anilines is 1. The lowest BCUT2D eigenvalue weighted by atomic mass is 10.1. The fourth-order valence-electron chi connectivity index (χ4n) is 2.13. The summed E-state index contributed by atoms with van der Waals surface area (Å²) in [5.41, 5.74) is 4.75. The maximum atomic E-state index is 13.6. The van der Waals surface area contributed by atoms with E-state index in [1.54, 1.807) is 6.92 Å². The van der Waals surface area contributed by atoms with Crippen LogP contribution >= 0.6 is 0 Å². The molecule has 0 spiro atoms. The summed E-state index contributed by atoms with van der Waals surface area (Å²) in [6, 6.07) is 8.10. The first-order chi connectivity index (χ1) is 9.19. The number of rotatable bonds is 3. The van der Waals surface area contributed by atoms with E-state index in [9.17, 15) is 4.39 Å². The smallest absolute Gasteiger partial charge is 0.187 e. The van der Waals surface area contributed by atoms with E-state index < -0.39 is 5.82 Å². The Labute approximate surface area is 110 Å². The molecule has 0 saturated heterocycles. The number of aromatic nitrogens is 2. The Morgan fingerprint density at radius 1 is 1.32 bits per heavy atom. The first-order valence-corrected chi connectivity index (χ1v) is 6.30. The predicted octanol–water partition coefficient (Wildman–Crippen LogP) is 2.75. The van der Waals surface area contributed by atoms with Gasteiger partial charge in [-0.25, -0.2) is 20.2 Å². The molecule has 19 heavy (non-hydrogen) atoms. The molecule has 0 atom stereocenters. The van der Waals surface area contributed by atoms with Crippen LogP contribution in [0.4, 0.5) is 10.2 Å². The maximum absolute atomic E-state index is 13.6. The van der Waals surface area contributed by atoms with Crippen molar-refractivity contribution < 1.29 is 4.39 Å². The molecule has 98 valence electrons. The van der Waals surface area contributed by atoms with Gasteiger partial charge in [-0.15, -0.1) is 0 Å². The largest absolute Gasteiger partial charge is 0.306 e. The molecule has 1 fully saturated rings. The third-order valence-corrected chi connectivity index (χ3v) is 3.35. The Bertz CT molecular complexity index is 623. The van der Waals surface area contributed by atoms with Gasteiger partial charge in [-0.3, -0.25) is 0 Å². The predicted molar refractivity (Wildman–Crippen MR) is 71.9 cm³/mol. The minimum atomic E-state index is -0.510. The van der Waals surface area contributed by atoms with E-state index in [0.29, 0.717) is 11.7 Å². The number of aryl methyl sites for hydroxylation is 1. The van der Waals surface area contributed by atoms with Crippen LogP contribution in [0.3, 0.4) is 0 Å². The molecule has 0 unspecified atom stereocenters. The topological polar surface area (TPSA) is 63.8 Å². The summed E-state index contributed by atoms with van der Waals surface area (Å²) in [4.78, 5) is 8.31. The Balaban J connectivity index is 2.05. The molecule has 1 aromatic heterocycles. The van der Waals surface area contributed by atoms with Gasteiger partial charge < -0.3 is 5.43 Å². The van der Waals surface area contributed by atoms with E-state index in [1.165, 1.54) is 18.4 Å². The fraction of sp³-hybridized carbons (Fsp3) is 0.286. The summed E-state index contributed by atoms with van der Waals surface area (Å²) in [5, 5.41) is 0. The zero-order chi connectivity index (χ0) is 13.4. The summed E-state index contributed by atoms with van der Waals surface area (Å²) in [5.74, 6) is 5.95. The summed E-state index contributed by atoms with van der Waals surface area (Å²) in [6.45, 7) is 1.60. The first kappa shape index (κ1) is 12.0. The van der Waals surface area contributed by atoms with Crippen molar-refractivity contribution in [1.82, 2.24) is 9.97 Å². The highest BCUT2D eigenvalue weighted by molar-refractivity contribution is 5.59. The van der Waals surface area contributed by atoms with Crippen molar-refractivity contribution in [1.29, 1.82) is 0 Å². The number of hydrogen-bond acceptors (Lipinski definition) is 4. The first-order valence-electron chi connectivity index (χ1n) is 6.30. The third-order valence-electron chi connectivity index (χ3n) is 3.35. The second kappa shape index (κ2) is 4.59. The van der Waals surface area contributed by atoms with Crippen molar-refractivity contribution in [3.05, 3.63) is 41.3 Å². The summed E-state index contributed by atoms with van der Waals surface area (Å²) in [7, 11) is 0. The number of nitrogen functional groups attached to an aromatic ring is 1. The van der Waals surface area contributed by atoms with Crippen LogP contribution in [0.2, 0.25) is 0 Å². The molecule has 0 bridgehead atoms. The van der Waals surface area contributed by atoms with Gasteiger partial charge in [0.15, 0.2) is 17.5 Å². The molecule has 3 N–H and O–H groups in total. The minimum absolute atomic E-state index is 0.0272. The quantitative estimate of drug-likeness (QED) is 0.656. The van der Waals surface area contributed by atoms with Gasteiger partial charge in [-0.1, -0.05) is 18.2 Å². The van der Waals surface area contributed by atoms with Crippen LogP contribution in [-0.2, 0) is 0 Å². The summed E-state index contributed by atoms with van der Waals surface area (Å²) >= 11 is 0. The Kier molecular flexibility index (Phi) is 2.91. The number of hydrogen-bond donors (Lipinski definition) is 2. The number of nitrogens with zero attached hydrogens (tertiary/aromatic N) is 2. The molecule has 1 saturated carbocycles. The average Bonchev–Trinajstić information content (AvgIpc) is 3.26. The van der Waals surface area contributed by atoms with E-state index in [-0.39, 0.29) is 11.5 Å². The van der Waals surface area contributed by atoms with Crippen LogP contribution < -0.4 is 11.3 Å². The van der Waals surface area contributed by atoms with Crippen LogP contribution in [0.15, 0.2) is 24.3 Å². The monoisotopic (exact) mass is 258 g/mol. The van der Waals surface area contributed by atoms with Crippen molar-refractivity contribution >= 4 is 5.82 Å². The molecular weight excluding hydrogens is 243 g/mol. The van der Waals surface area contributed by atoms with Crippen molar-refractivity contribution in [2.75, 3.05) is 5.43 Å². The van der Waals surface area contributed by atoms with Crippen molar-refractivity contribution in [3.63, 3.8) is 0 Å². The van der Waals surface area contributed by atoms with Gasteiger partial charge in [0.25, 0.3) is 0 Å². The minimum Gasteiger partial charge on any atom is -0.306 e. The van der Waals surface area contributed by atoms with Gasteiger partial charge in [0.2, 0.25) is 0 Å². The molecular formula is C14H15FN4. The molecule has 0 radical (unpaired) electrons. The van der Waals surface area contributed by atoms with Gasteiger partial charge in [0.1, 0.15) is 0 Å². The number of benzene rings is 1. The van der Waals surface area contributed by atoms with E-state index in [4.69, 9.17) is 5.84 Å². The van der Waals surface area contributed by atoms with E-state index in [2.05, 4.69) is 27.5 Å². The van der Waals surface area contributed by atoms with Gasteiger partial charge in [0, 0.05) is 5.56 Å². The zero-order valence-corrected chi connectivity index (χ0v) is 10.7. The van der Waals surface area contributed by atoms with Crippen LogP contribution in [0, 0.1) is 12.7 Å². The maximum Gasteiger partial charge on any atom is 0.187 e. The lowest BCUT2D eigenvalue weighted by Crippen LogP contribution is -2.13.